The van der Waals surface area contributed by atoms with E-state index in [-0.39, 0.29) is 18.5 Å². The van der Waals surface area contributed by atoms with Crippen LogP contribution in [0.3, 0.4) is 0 Å². The Balaban J connectivity index is 1.17. The van der Waals surface area contributed by atoms with Crippen LogP contribution >= 0.6 is 0 Å². The smallest absolute Gasteiger partial charge is 0.408 e. The number of fused-ring (bicyclic) bond motifs is 2. The number of benzene rings is 3. The number of carbonyl (C=O) groups is 2. The average Bonchev–Trinajstić information content (AvgIpc) is 3.91. The summed E-state index contributed by atoms with van der Waals surface area (Å²) in [7, 11) is 1.61. The van der Waals surface area contributed by atoms with Crippen molar-refractivity contribution in [3.8, 4) is 17.2 Å². The van der Waals surface area contributed by atoms with Crippen LogP contribution in [0.5, 0.6) is 17.2 Å². The highest BCUT2D eigenvalue weighted by Crippen LogP contribution is 2.42. The van der Waals surface area contributed by atoms with E-state index >= 15 is 0 Å². The van der Waals surface area contributed by atoms with E-state index in [1.165, 1.54) is 16.0 Å². The number of piperazine rings is 1. The summed E-state index contributed by atoms with van der Waals surface area (Å²) in [5, 5.41) is 13.8. The molecule has 0 aromatic heterocycles. The van der Waals surface area contributed by atoms with Gasteiger partial charge in [-0.05, 0) is 79.1 Å². The molecule has 1 aliphatic carbocycles. The third-order valence-corrected chi connectivity index (χ3v) is 9.77. The molecule has 2 aliphatic heterocycles. The van der Waals surface area contributed by atoms with Gasteiger partial charge in [0.1, 0.15) is 29.4 Å². The Morgan fingerprint density at radius 2 is 1.72 bits per heavy atom. The number of carbonyl (C=O) groups excluding carboxylic acids is 1. The number of nitrogens with one attached hydrogen (secondary N) is 1. The second kappa shape index (κ2) is 13.7. The van der Waals surface area contributed by atoms with Crippen LogP contribution in [0.15, 0.2) is 66.7 Å². The third kappa shape index (κ3) is 6.81. The van der Waals surface area contributed by atoms with E-state index in [0.717, 1.165) is 47.3 Å². The molecule has 1 saturated carbocycles. The first-order chi connectivity index (χ1) is 22.7. The minimum atomic E-state index is -1.24. The predicted octanol–water partition coefficient (Wildman–Crippen LogP) is 5.79. The second-order valence-corrected chi connectivity index (χ2v) is 13.0. The summed E-state index contributed by atoms with van der Waals surface area (Å²) in [6.45, 7) is 8.23. The molecule has 9 nitrogen and oxygen atoms in total. The maximum atomic E-state index is 14.6. The molecule has 3 aliphatic rings. The summed E-state index contributed by atoms with van der Waals surface area (Å²) in [6, 6.07) is 19.6. The lowest BCUT2D eigenvalue weighted by Gasteiger charge is -2.52. The molecule has 1 saturated heterocycles. The number of ether oxygens (including phenoxy) is 3. The van der Waals surface area contributed by atoms with Crippen molar-refractivity contribution in [2.75, 3.05) is 40.0 Å². The lowest BCUT2D eigenvalue weighted by Crippen LogP contribution is -2.74. The molecule has 6 rings (SSSR count). The SMILES string of the molecule is COc1cccc(OCCN(C(=O)[C@]23CNC[C@H](C=C(c4ccc(CCOc5c(C)ccc(C)c5C)cc4)C2)N3C(=O)O)C2CC2)c1. The van der Waals surface area contributed by atoms with E-state index in [1.807, 2.05) is 35.2 Å². The van der Waals surface area contributed by atoms with Gasteiger partial charge in [-0.2, -0.15) is 0 Å². The van der Waals surface area contributed by atoms with Gasteiger partial charge in [0.25, 0.3) is 5.91 Å². The van der Waals surface area contributed by atoms with Crippen LogP contribution in [0.2, 0.25) is 0 Å². The largest absolute Gasteiger partial charge is 0.497 e. The molecular formula is C38H45N3O6. The zero-order chi connectivity index (χ0) is 33.1. The van der Waals surface area contributed by atoms with Crippen LogP contribution in [-0.4, -0.2) is 84.5 Å². The van der Waals surface area contributed by atoms with E-state index < -0.39 is 17.7 Å². The van der Waals surface area contributed by atoms with Gasteiger partial charge in [-0.25, -0.2) is 4.79 Å². The summed E-state index contributed by atoms with van der Waals surface area (Å²) in [6.07, 6.45) is 3.82. The van der Waals surface area contributed by atoms with E-state index in [2.05, 4.69) is 62.5 Å². The van der Waals surface area contributed by atoms with Crippen LogP contribution in [0.25, 0.3) is 5.57 Å². The normalized spacial score (nSPS) is 20.3. The Bertz CT molecular complexity index is 1650. The van der Waals surface area contributed by atoms with Gasteiger partial charge >= 0.3 is 6.09 Å². The van der Waals surface area contributed by atoms with Crippen LogP contribution in [0.4, 0.5) is 4.79 Å². The van der Waals surface area contributed by atoms with Crippen molar-refractivity contribution in [3.05, 3.63) is 94.6 Å². The number of hydrogen-bond acceptors (Lipinski definition) is 6. The van der Waals surface area contributed by atoms with Gasteiger partial charge in [-0.15, -0.1) is 0 Å². The monoisotopic (exact) mass is 639 g/mol. The zero-order valence-electron chi connectivity index (χ0n) is 27.8. The Morgan fingerprint density at radius 3 is 2.45 bits per heavy atom. The van der Waals surface area contributed by atoms with Gasteiger partial charge in [0.2, 0.25) is 0 Å². The Hall–Kier alpha value is -4.50. The van der Waals surface area contributed by atoms with Gasteiger partial charge < -0.3 is 29.5 Å². The van der Waals surface area contributed by atoms with Crippen molar-refractivity contribution < 1.29 is 28.9 Å². The van der Waals surface area contributed by atoms with Crippen molar-refractivity contribution in [2.45, 2.75) is 64.1 Å². The van der Waals surface area contributed by atoms with Crippen molar-refractivity contribution in [2.24, 2.45) is 0 Å². The third-order valence-electron chi connectivity index (χ3n) is 9.77. The van der Waals surface area contributed by atoms with E-state index in [1.54, 1.807) is 7.11 Å². The molecule has 2 N–H and O–H groups in total. The molecule has 2 fully saturated rings. The van der Waals surface area contributed by atoms with Crippen molar-refractivity contribution >= 4 is 17.6 Å². The predicted molar refractivity (Wildman–Crippen MR) is 181 cm³/mol. The molecule has 0 radical (unpaired) electrons. The maximum Gasteiger partial charge on any atom is 0.408 e. The lowest BCUT2D eigenvalue weighted by atomic mass is 9.77. The number of carboxylic acid groups (broad SMARTS) is 1. The van der Waals surface area contributed by atoms with Crippen LogP contribution in [0, 0.1) is 20.8 Å². The molecule has 3 aromatic rings. The first-order valence-corrected chi connectivity index (χ1v) is 16.5. The number of rotatable bonds is 12. The van der Waals surface area contributed by atoms with E-state index in [4.69, 9.17) is 14.2 Å². The fourth-order valence-corrected chi connectivity index (χ4v) is 6.95. The lowest BCUT2D eigenvalue weighted by molar-refractivity contribution is -0.147. The molecule has 9 heteroatoms. The standard InChI is InChI=1S/C38H45N3O6/c1-25-8-9-26(2)35(27(25)3)47-18-16-28-10-12-29(13-11-28)30-20-32-23-39-24-38(22-30,41(32)37(43)44)36(42)40(31-14-15-31)17-19-46-34-7-5-6-33(21-34)45-4/h5-13,20-21,31-32,39H,14-19,22-24H2,1-4H3,(H,43,44)/t32-,38+/m0/s1. The average molecular weight is 640 g/mol. The zero-order valence-corrected chi connectivity index (χ0v) is 27.8. The number of amides is 2. The molecule has 0 spiro atoms. The highest BCUT2D eigenvalue weighted by atomic mass is 16.5. The summed E-state index contributed by atoms with van der Waals surface area (Å²) < 4.78 is 17.5. The van der Waals surface area contributed by atoms with Crippen molar-refractivity contribution in [1.82, 2.24) is 15.1 Å². The highest BCUT2D eigenvalue weighted by molar-refractivity contribution is 5.94. The van der Waals surface area contributed by atoms with Crippen LogP contribution in [-0.2, 0) is 11.2 Å². The van der Waals surface area contributed by atoms with Gasteiger partial charge in [-0.3, -0.25) is 9.69 Å². The molecule has 2 bridgehead atoms. The summed E-state index contributed by atoms with van der Waals surface area (Å²) >= 11 is 0. The minimum Gasteiger partial charge on any atom is -0.497 e. The molecule has 2 atom stereocenters. The molecule has 2 heterocycles. The fourth-order valence-electron chi connectivity index (χ4n) is 6.95. The van der Waals surface area contributed by atoms with Crippen LogP contribution in [0.1, 0.15) is 47.1 Å². The van der Waals surface area contributed by atoms with E-state index in [9.17, 15) is 14.7 Å². The van der Waals surface area contributed by atoms with Crippen molar-refractivity contribution in [3.63, 3.8) is 0 Å². The number of nitrogens with zero attached hydrogens (tertiary/aromatic N) is 2. The quantitative estimate of drug-likeness (QED) is 0.259. The maximum absolute atomic E-state index is 14.6. The molecule has 2 amide bonds. The molecule has 0 unspecified atom stereocenters. The number of aryl methyl sites for hydroxylation is 2. The number of hydrogen-bond donors (Lipinski definition) is 2. The molecule has 3 aromatic carbocycles. The topological polar surface area (TPSA) is 101 Å². The van der Waals surface area contributed by atoms with Gasteiger partial charge in [-0.1, -0.05) is 48.5 Å². The first-order valence-electron chi connectivity index (χ1n) is 16.5. The second-order valence-electron chi connectivity index (χ2n) is 13.0. The summed E-state index contributed by atoms with van der Waals surface area (Å²) in [4.78, 5) is 30.6. The number of methoxy groups -OCH3 is 1. The Kier molecular flexibility index (Phi) is 9.45. The summed E-state index contributed by atoms with van der Waals surface area (Å²) in [5.41, 5.74) is 5.45. The van der Waals surface area contributed by atoms with Gasteiger partial charge in [0.05, 0.1) is 26.3 Å². The van der Waals surface area contributed by atoms with Crippen molar-refractivity contribution in [1.29, 1.82) is 0 Å². The molecule has 47 heavy (non-hydrogen) atoms. The van der Waals surface area contributed by atoms with Gasteiger partial charge in [0, 0.05) is 38.0 Å². The minimum absolute atomic E-state index is 0.0880. The summed E-state index contributed by atoms with van der Waals surface area (Å²) in [5.74, 6) is 2.16. The van der Waals surface area contributed by atoms with Gasteiger partial charge in [0.15, 0.2) is 0 Å². The molecule has 248 valence electrons. The van der Waals surface area contributed by atoms with E-state index in [0.29, 0.717) is 44.2 Å². The Labute approximate surface area is 277 Å². The Morgan fingerprint density at radius 1 is 0.979 bits per heavy atom. The molecular weight excluding hydrogens is 594 g/mol. The fraction of sp³-hybridized carbons (Fsp3) is 0.421. The first kappa shape index (κ1) is 32.4. The van der Waals surface area contributed by atoms with Crippen LogP contribution < -0.4 is 19.5 Å². The highest BCUT2D eigenvalue weighted by Gasteiger charge is 2.56.